The summed E-state index contributed by atoms with van der Waals surface area (Å²) in [5, 5.41) is 0. The van der Waals surface area contributed by atoms with Crippen molar-refractivity contribution >= 4 is 25.9 Å². The summed E-state index contributed by atoms with van der Waals surface area (Å²) in [5.41, 5.74) is 0. The maximum absolute atomic E-state index is 8.40. The van der Waals surface area contributed by atoms with Gasteiger partial charge in [0.05, 0.1) is 0 Å². The van der Waals surface area contributed by atoms with Gasteiger partial charge in [0, 0.05) is 0 Å². The summed E-state index contributed by atoms with van der Waals surface area (Å²) in [6, 6.07) is 0. The molecule has 72 valence electrons. The Kier molecular flexibility index (Phi) is 7.10. The van der Waals surface area contributed by atoms with E-state index >= 15 is 0 Å². The molecule has 0 rings (SSSR count). The van der Waals surface area contributed by atoms with Gasteiger partial charge < -0.3 is 4.12 Å². The molecule has 0 aromatic rings. The third kappa shape index (κ3) is 22.5. The normalized spacial score (nSPS) is 11.2. The van der Waals surface area contributed by atoms with E-state index in [1.165, 1.54) is 0 Å². The Morgan fingerprint density at radius 2 is 1.00 bits per heavy atom. The highest BCUT2D eigenvalue weighted by Gasteiger charge is 2.24. The zero-order valence-electron chi connectivity index (χ0n) is 8.72. The standard InChI is InChI=1S/C6H18OSi2.O2Si/c1-8(2,3)7-9(4,5)6;1-3-2/h1-6H3;. The molecule has 0 aromatic heterocycles. The van der Waals surface area contributed by atoms with Crippen molar-refractivity contribution in [2.45, 2.75) is 39.3 Å². The van der Waals surface area contributed by atoms with E-state index in [9.17, 15) is 0 Å². The van der Waals surface area contributed by atoms with Gasteiger partial charge in [-0.15, -0.1) is 0 Å². The summed E-state index contributed by atoms with van der Waals surface area (Å²) in [4.78, 5) is 0. The van der Waals surface area contributed by atoms with E-state index in [1.54, 1.807) is 0 Å². The van der Waals surface area contributed by atoms with Crippen molar-refractivity contribution in [1.29, 1.82) is 0 Å². The molecule has 0 fully saturated rings. The van der Waals surface area contributed by atoms with E-state index in [1.807, 2.05) is 0 Å². The fraction of sp³-hybridized carbons (Fsp3) is 1.00. The van der Waals surface area contributed by atoms with E-state index in [0.29, 0.717) is 0 Å². The second kappa shape index (κ2) is 5.79. The Morgan fingerprint density at radius 3 is 1.00 bits per heavy atom. The van der Waals surface area contributed by atoms with Crippen LogP contribution in [0.5, 0.6) is 0 Å². The Bertz CT molecular complexity index is 138. The number of hydrogen-bond donors (Lipinski definition) is 0. The van der Waals surface area contributed by atoms with Crippen LogP contribution in [0, 0.1) is 0 Å². The second-order valence-corrected chi connectivity index (χ2v) is 13.8. The first-order chi connectivity index (χ1) is 5.12. The van der Waals surface area contributed by atoms with Crippen LogP contribution >= 0.6 is 0 Å². The fourth-order valence-electron chi connectivity index (χ4n) is 0.919. The first-order valence-corrected chi connectivity index (χ1v) is 11.4. The summed E-state index contributed by atoms with van der Waals surface area (Å²) in [6.07, 6.45) is 0. The lowest BCUT2D eigenvalue weighted by Crippen LogP contribution is -2.39. The molecule has 0 spiro atoms. The zero-order chi connectivity index (χ0) is 10.4. The molecule has 6 heteroatoms. The first-order valence-electron chi connectivity index (χ1n) is 3.82. The number of rotatable bonds is 2. The molecule has 0 saturated heterocycles. The minimum atomic E-state index is -1.42. The summed E-state index contributed by atoms with van der Waals surface area (Å²) in [5.74, 6) is 0. The van der Waals surface area contributed by atoms with Crippen molar-refractivity contribution in [3.8, 4) is 0 Å². The molecule has 0 aliphatic heterocycles. The third-order valence-corrected chi connectivity index (χ3v) is 5.51. The molecule has 0 atom stereocenters. The predicted octanol–water partition coefficient (Wildman–Crippen LogP) is 2.05. The lowest BCUT2D eigenvalue weighted by Gasteiger charge is -2.27. The van der Waals surface area contributed by atoms with Crippen molar-refractivity contribution in [2.24, 2.45) is 0 Å². The lowest BCUT2D eigenvalue weighted by molar-refractivity contribution is 0.497. The summed E-state index contributed by atoms with van der Waals surface area (Å²) in [6.45, 7) is 13.4. The van der Waals surface area contributed by atoms with Gasteiger partial charge in [0.15, 0.2) is 16.6 Å². The van der Waals surface area contributed by atoms with Gasteiger partial charge in [-0.25, -0.2) is 0 Å². The molecule has 0 aliphatic carbocycles. The van der Waals surface area contributed by atoms with Crippen LogP contribution in [0.15, 0.2) is 0 Å². The Balaban J connectivity index is 0. The molecule has 0 heterocycles. The highest BCUT2D eigenvalue weighted by atomic mass is 28.4. The predicted molar refractivity (Wildman–Crippen MR) is 54.9 cm³/mol. The van der Waals surface area contributed by atoms with Crippen LogP contribution in [0.2, 0.25) is 39.3 Å². The zero-order valence-corrected chi connectivity index (χ0v) is 11.7. The van der Waals surface area contributed by atoms with Crippen molar-refractivity contribution in [2.75, 3.05) is 0 Å². The van der Waals surface area contributed by atoms with Gasteiger partial charge in [0.25, 0.3) is 0 Å². The first kappa shape index (κ1) is 14.7. The van der Waals surface area contributed by atoms with Gasteiger partial charge >= 0.3 is 9.29 Å². The summed E-state index contributed by atoms with van der Waals surface area (Å²) >= 11 is 0. The van der Waals surface area contributed by atoms with Crippen molar-refractivity contribution in [3.05, 3.63) is 0 Å². The van der Waals surface area contributed by atoms with Crippen LogP contribution in [-0.2, 0) is 13.0 Å². The molecular formula is C6H18O3Si3. The Morgan fingerprint density at radius 1 is 0.833 bits per heavy atom. The average Bonchev–Trinajstić information content (AvgIpc) is 1.53. The molecule has 0 amide bonds. The van der Waals surface area contributed by atoms with Crippen molar-refractivity contribution in [1.82, 2.24) is 0 Å². The van der Waals surface area contributed by atoms with Gasteiger partial charge in [0.2, 0.25) is 0 Å². The molecule has 0 unspecified atom stereocenters. The molecule has 0 radical (unpaired) electrons. The van der Waals surface area contributed by atoms with Gasteiger partial charge in [-0.1, -0.05) is 0 Å². The molecule has 12 heavy (non-hydrogen) atoms. The van der Waals surface area contributed by atoms with E-state index in [2.05, 4.69) is 39.3 Å². The molecule has 0 N–H and O–H groups in total. The third-order valence-electron chi connectivity index (χ3n) is 0.612. The van der Waals surface area contributed by atoms with E-state index in [0.717, 1.165) is 0 Å². The van der Waals surface area contributed by atoms with E-state index < -0.39 is 25.9 Å². The van der Waals surface area contributed by atoms with Crippen LogP contribution in [0.25, 0.3) is 0 Å². The van der Waals surface area contributed by atoms with E-state index in [4.69, 9.17) is 13.0 Å². The maximum atomic E-state index is 8.40. The quantitative estimate of drug-likeness (QED) is 0.672. The molecular weight excluding hydrogens is 204 g/mol. The Labute approximate surface area is 78.7 Å². The van der Waals surface area contributed by atoms with Crippen LogP contribution in [0.4, 0.5) is 0 Å². The smallest absolute Gasteiger partial charge is 0.456 e. The van der Waals surface area contributed by atoms with Gasteiger partial charge in [-0.2, -0.15) is 0 Å². The maximum Gasteiger partial charge on any atom is 0.549 e. The molecule has 0 aliphatic rings. The van der Waals surface area contributed by atoms with Gasteiger partial charge in [-0.3, -0.25) is 8.92 Å². The van der Waals surface area contributed by atoms with Gasteiger partial charge in [-0.05, 0) is 39.3 Å². The minimum absolute atomic E-state index is 1.23. The SMILES string of the molecule is C[Si](C)(C)O[Si](C)(C)C.O=[Si]=O. The topological polar surface area (TPSA) is 43.4 Å². The molecule has 0 bridgehead atoms. The van der Waals surface area contributed by atoms with Crippen molar-refractivity contribution < 1.29 is 13.0 Å². The fourth-order valence-corrected chi connectivity index (χ4v) is 8.27. The summed E-state index contributed by atoms with van der Waals surface area (Å²) in [7, 11) is -3.88. The molecule has 0 aromatic carbocycles. The molecule has 3 nitrogen and oxygen atoms in total. The van der Waals surface area contributed by atoms with Crippen LogP contribution in [0.3, 0.4) is 0 Å². The van der Waals surface area contributed by atoms with E-state index in [-0.39, 0.29) is 0 Å². The highest BCUT2D eigenvalue weighted by molar-refractivity contribution is 6.83. The lowest BCUT2D eigenvalue weighted by atomic mass is 11.8. The van der Waals surface area contributed by atoms with Crippen LogP contribution in [-0.4, -0.2) is 25.9 Å². The minimum Gasteiger partial charge on any atom is -0.456 e. The second-order valence-electron chi connectivity index (χ2n) is 4.41. The van der Waals surface area contributed by atoms with Crippen LogP contribution < -0.4 is 0 Å². The molecule has 0 saturated carbocycles. The Hall–Kier alpha value is 0.211. The van der Waals surface area contributed by atoms with Crippen LogP contribution in [0.1, 0.15) is 0 Å². The number of hydrogen-bond acceptors (Lipinski definition) is 3. The largest absolute Gasteiger partial charge is 0.549 e. The average molecular weight is 222 g/mol. The highest BCUT2D eigenvalue weighted by Crippen LogP contribution is 2.12. The van der Waals surface area contributed by atoms with Crippen molar-refractivity contribution in [3.63, 3.8) is 0 Å². The monoisotopic (exact) mass is 222 g/mol. The summed E-state index contributed by atoms with van der Waals surface area (Å²) < 4.78 is 22.7. The van der Waals surface area contributed by atoms with Gasteiger partial charge in [0.1, 0.15) is 0 Å².